The maximum Gasteiger partial charge on any atom is 0.270 e. The molecular formula is C17H22N4O2. The number of nitrogens with zero attached hydrogens (tertiary/aromatic N) is 4. The van der Waals surface area contributed by atoms with Crippen LogP contribution in [-0.4, -0.2) is 60.6 Å². The summed E-state index contributed by atoms with van der Waals surface area (Å²) < 4.78 is 0. The zero-order chi connectivity index (χ0) is 16.4. The number of carbonyl (C=O) groups is 2. The predicted octanol–water partition coefficient (Wildman–Crippen LogP) is 1.25. The second-order valence-corrected chi connectivity index (χ2v) is 6.13. The van der Waals surface area contributed by atoms with Gasteiger partial charge in [-0.3, -0.25) is 9.59 Å². The van der Waals surface area contributed by atoms with Crippen molar-refractivity contribution in [1.29, 1.82) is 0 Å². The summed E-state index contributed by atoms with van der Waals surface area (Å²) >= 11 is 0. The van der Waals surface area contributed by atoms with Crippen LogP contribution in [-0.2, 0) is 9.59 Å². The fourth-order valence-corrected chi connectivity index (χ4v) is 2.89. The van der Waals surface area contributed by atoms with Gasteiger partial charge in [0.2, 0.25) is 5.91 Å². The van der Waals surface area contributed by atoms with E-state index in [4.69, 9.17) is 0 Å². The normalized spacial score (nSPS) is 19.7. The minimum Gasteiger partial charge on any atom is -0.335 e. The highest BCUT2D eigenvalue weighted by Gasteiger charge is 2.29. The molecule has 0 spiro atoms. The summed E-state index contributed by atoms with van der Waals surface area (Å²) in [6.07, 6.45) is 0.749. The van der Waals surface area contributed by atoms with Gasteiger partial charge < -0.3 is 9.80 Å². The third-order valence-corrected chi connectivity index (χ3v) is 4.41. The Hall–Kier alpha value is -2.21. The average Bonchev–Trinajstić information content (AvgIpc) is 2.56. The van der Waals surface area contributed by atoms with E-state index in [0.29, 0.717) is 31.6 Å². The van der Waals surface area contributed by atoms with Crippen molar-refractivity contribution >= 4 is 23.2 Å². The predicted molar refractivity (Wildman–Crippen MR) is 89.4 cm³/mol. The number of carbonyl (C=O) groups excluding carboxylic acids is 2. The van der Waals surface area contributed by atoms with Gasteiger partial charge in [-0.15, -0.1) is 0 Å². The molecule has 1 saturated heterocycles. The minimum absolute atomic E-state index is 0.0378. The lowest BCUT2D eigenvalue weighted by molar-refractivity contribution is -0.125. The molecule has 0 radical (unpaired) electrons. The summed E-state index contributed by atoms with van der Waals surface area (Å²) in [5.41, 5.74) is 2.20. The minimum atomic E-state index is -0.0609. The van der Waals surface area contributed by atoms with E-state index in [1.807, 2.05) is 36.1 Å². The van der Waals surface area contributed by atoms with Crippen LogP contribution in [0.2, 0.25) is 0 Å². The molecule has 6 heteroatoms. The number of hydrazone groups is 1. The van der Waals surface area contributed by atoms with Gasteiger partial charge in [0.15, 0.2) is 0 Å². The topological polar surface area (TPSA) is 56.2 Å². The molecule has 2 amide bonds. The fourth-order valence-electron chi connectivity index (χ4n) is 2.89. The SMILES string of the molecule is Cc1ccccc1N1N=C(C(=O)N2CCN(C)CC2)CCC1=O. The van der Waals surface area contributed by atoms with Crippen LogP contribution in [0, 0.1) is 6.92 Å². The second kappa shape index (κ2) is 6.50. The van der Waals surface area contributed by atoms with E-state index in [-0.39, 0.29) is 11.8 Å². The van der Waals surface area contributed by atoms with E-state index in [2.05, 4.69) is 17.0 Å². The van der Waals surface area contributed by atoms with Crippen molar-refractivity contribution in [3.05, 3.63) is 29.8 Å². The highest BCUT2D eigenvalue weighted by molar-refractivity contribution is 6.40. The van der Waals surface area contributed by atoms with E-state index in [1.165, 1.54) is 5.01 Å². The summed E-state index contributed by atoms with van der Waals surface area (Å²) in [5.74, 6) is -0.0987. The van der Waals surface area contributed by atoms with Gasteiger partial charge in [0.05, 0.1) is 5.69 Å². The number of amides is 2. The number of aryl methyl sites for hydroxylation is 1. The standard InChI is InChI=1S/C17H22N4O2/c1-13-5-3-4-6-15(13)21-16(22)8-7-14(18-21)17(23)20-11-9-19(2)10-12-20/h3-6H,7-12H2,1-2H3. The van der Waals surface area contributed by atoms with Crippen LogP contribution < -0.4 is 5.01 Å². The molecule has 23 heavy (non-hydrogen) atoms. The van der Waals surface area contributed by atoms with Gasteiger partial charge in [0.1, 0.15) is 5.71 Å². The Kier molecular flexibility index (Phi) is 4.43. The van der Waals surface area contributed by atoms with Crippen molar-refractivity contribution in [3.63, 3.8) is 0 Å². The second-order valence-electron chi connectivity index (χ2n) is 6.13. The van der Waals surface area contributed by atoms with E-state index < -0.39 is 0 Å². The monoisotopic (exact) mass is 314 g/mol. The lowest BCUT2D eigenvalue weighted by Gasteiger charge is -2.33. The maximum absolute atomic E-state index is 12.7. The van der Waals surface area contributed by atoms with Crippen molar-refractivity contribution in [2.45, 2.75) is 19.8 Å². The van der Waals surface area contributed by atoms with Crippen molar-refractivity contribution in [3.8, 4) is 0 Å². The lowest BCUT2D eigenvalue weighted by atomic mass is 10.1. The molecule has 122 valence electrons. The number of piperazine rings is 1. The molecule has 0 atom stereocenters. The molecule has 0 unspecified atom stereocenters. The third-order valence-electron chi connectivity index (χ3n) is 4.41. The van der Waals surface area contributed by atoms with Gasteiger partial charge in [-0.25, -0.2) is 5.01 Å². The summed E-state index contributed by atoms with van der Waals surface area (Å²) in [6.45, 7) is 5.12. The van der Waals surface area contributed by atoms with Gasteiger partial charge in [-0.2, -0.15) is 5.10 Å². The van der Waals surface area contributed by atoms with Crippen molar-refractivity contribution in [2.75, 3.05) is 38.2 Å². The van der Waals surface area contributed by atoms with Gasteiger partial charge in [0.25, 0.3) is 5.91 Å². The first kappa shape index (κ1) is 15.7. The Balaban J connectivity index is 1.82. The number of anilines is 1. The quantitative estimate of drug-likeness (QED) is 0.825. The molecule has 1 aromatic rings. The van der Waals surface area contributed by atoms with E-state index in [9.17, 15) is 9.59 Å². The molecule has 1 fully saturated rings. The molecule has 0 N–H and O–H groups in total. The van der Waals surface area contributed by atoms with Crippen molar-refractivity contribution in [2.24, 2.45) is 5.10 Å². The summed E-state index contributed by atoms with van der Waals surface area (Å²) in [6, 6.07) is 7.60. The molecule has 0 aliphatic carbocycles. The van der Waals surface area contributed by atoms with Crippen LogP contribution in [0.15, 0.2) is 29.4 Å². The van der Waals surface area contributed by atoms with E-state index in [1.54, 1.807) is 0 Å². The van der Waals surface area contributed by atoms with E-state index in [0.717, 1.165) is 24.3 Å². The van der Waals surface area contributed by atoms with Gasteiger partial charge in [-0.1, -0.05) is 18.2 Å². The third kappa shape index (κ3) is 3.27. The maximum atomic E-state index is 12.7. The van der Waals surface area contributed by atoms with E-state index >= 15 is 0 Å². The molecule has 3 rings (SSSR count). The number of likely N-dealkylation sites (N-methyl/N-ethyl adjacent to an activating group) is 1. The van der Waals surface area contributed by atoms with Crippen LogP contribution in [0.4, 0.5) is 5.69 Å². The Bertz CT molecular complexity index is 648. The molecule has 0 bridgehead atoms. The van der Waals surface area contributed by atoms with Crippen LogP contribution in [0.25, 0.3) is 0 Å². The molecule has 2 aliphatic rings. The van der Waals surface area contributed by atoms with Crippen molar-refractivity contribution in [1.82, 2.24) is 9.80 Å². The van der Waals surface area contributed by atoms with Crippen LogP contribution in [0.3, 0.4) is 0 Å². The molecule has 2 heterocycles. The first-order valence-corrected chi connectivity index (χ1v) is 8.00. The Labute approximate surface area is 136 Å². The smallest absolute Gasteiger partial charge is 0.270 e. The first-order chi connectivity index (χ1) is 11.1. The molecule has 2 aliphatic heterocycles. The number of rotatable bonds is 2. The highest BCUT2D eigenvalue weighted by Crippen LogP contribution is 2.24. The Morgan fingerprint density at radius 1 is 1.09 bits per heavy atom. The van der Waals surface area contributed by atoms with Crippen LogP contribution >= 0.6 is 0 Å². The highest BCUT2D eigenvalue weighted by atomic mass is 16.2. The molecular weight excluding hydrogens is 292 g/mol. The fraction of sp³-hybridized carbons (Fsp3) is 0.471. The number of hydrogen-bond acceptors (Lipinski definition) is 4. The molecule has 6 nitrogen and oxygen atoms in total. The molecule has 0 saturated carbocycles. The summed E-state index contributed by atoms with van der Waals surface area (Å²) in [7, 11) is 2.05. The van der Waals surface area contributed by atoms with Crippen LogP contribution in [0.1, 0.15) is 18.4 Å². The van der Waals surface area contributed by atoms with Gasteiger partial charge in [0, 0.05) is 39.0 Å². The van der Waals surface area contributed by atoms with Gasteiger partial charge in [-0.05, 0) is 25.6 Å². The molecule has 1 aromatic carbocycles. The van der Waals surface area contributed by atoms with Crippen molar-refractivity contribution < 1.29 is 9.59 Å². The zero-order valence-electron chi connectivity index (χ0n) is 13.7. The zero-order valence-corrected chi connectivity index (χ0v) is 13.7. The largest absolute Gasteiger partial charge is 0.335 e. The average molecular weight is 314 g/mol. The van der Waals surface area contributed by atoms with Gasteiger partial charge >= 0.3 is 0 Å². The Morgan fingerprint density at radius 3 is 2.48 bits per heavy atom. The summed E-state index contributed by atoms with van der Waals surface area (Å²) in [4.78, 5) is 28.9. The Morgan fingerprint density at radius 2 is 1.78 bits per heavy atom. The number of hydrogen-bond donors (Lipinski definition) is 0. The number of benzene rings is 1. The summed E-state index contributed by atoms with van der Waals surface area (Å²) in [5, 5.41) is 5.77. The van der Waals surface area contributed by atoms with Crippen LogP contribution in [0.5, 0.6) is 0 Å². The molecule has 0 aromatic heterocycles. The lowest BCUT2D eigenvalue weighted by Crippen LogP contribution is -2.50. The number of para-hydroxylation sites is 1. The first-order valence-electron chi connectivity index (χ1n) is 8.00.